The van der Waals surface area contributed by atoms with Crippen LogP contribution in [0.25, 0.3) is 11.2 Å². The molecule has 0 aliphatic rings. The molecular formula is C20H27N5O3. The number of nitrogens with zero attached hydrogens (tertiary/aromatic N) is 4. The van der Waals surface area contributed by atoms with Gasteiger partial charge in [-0.1, -0.05) is 36.8 Å². The topological polar surface area (TPSA) is 94.1 Å². The maximum Gasteiger partial charge on any atom is 0.332 e. The molecule has 0 spiro atoms. The molecule has 0 atom stereocenters. The quantitative estimate of drug-likeness (QED) is 0.612. The standard InChI is InChI=1S/C20H27N5O3/c1-4-10-21-19-22-17-16(25(19)13-15-8-6-14(2)7-9-15)18(27)24(11-5-12-26)20(28)23(17)3/h6-9,26H,4-5,10-13H2,1-3H3,(H,21,22). The minimum Gasteiger partial charge on any atom is -0.396 e. The summed E-state index contributed by atoms with van der Waals surface area (Å²) in [4.78, 5) is 30.3. The molecule has 0 bridgehead atoms. The minimum atomic E-state index is -0.423. The van der Waals surface area contributed by atoms with E-state index in [-0.39, 0.29) is 18.7 Å². The van der Waals surface area contributed by atoms with Crippen molar-refractivity contribution >= 4 is 17.1 Å². The molecular weight excluding hydrogens is 358 g/mol. The van der Waals surface area contributed by atoms with Crippen LogP contribution in [0.4, 0.5) is 5.95 Å². The van der Waals surface area contributed by atoms with Crippen molar-refractivity contribution in [3.63, 3.8) is 0 Å². The number of hydrogen-bond acceptors (Lipinski definition) is 5. The summed E-state index contributed by atoms with van der Waals surface area (Å²) in [5.74, 6) is 0.574. The monoisotopic (exact) mass is 385 g/mol. The van der Waals surface area contributed by atoms with Crippen molar-refractivity contribution in [1.82, 2.24) is 18.7 Å². The van der Waals surface area contributed by atoms with E-state index >= 15 is 0 Å². The highest BCUT2D eigenvalue weighted by molar-refractivity contribution is 5.74. The zero-order valence-electron chi connectivity index (χ0n) is 16.6. The van der Waals surface area contributed by atoms with Crippen LogP contribution in [0, 0.1) is 6.92 Å². The fourth-order valence-electron chi connectivity index (χ4n) is 3.20. The molecule has 0 amide bonds. The van der Waals surface area contributed by atoms with Crippen LogP contribution in [0.15, 0.2) is 33.9 Å². The molecule has 150 valence electrons. The largest absolute Gasteiger partial charge is 0.396 e. The van der Waals surface area contributed by atoms with Gasteiger partial charge in [0.2, 0.25) is 5.95 Å². The number of imidazole rings is 1. The summed E-state index contributed by atoms with van der Waals surface area (Å²) in [6.07, 6.45) is 1.25. The van der Waals surface area contributed by atoms with E-state index in [1.165, 1.54) is 9.13 Å². The lowest BCUT2D eigenvalue weighted by Gasteiger charge is -2.12. The van der Waals surface area contributed by atoms with Gasteiger partial charge in [-0.05, 0) is 25.3 Å². The summed E-state index contributed by atoms with van der Waals surface area (Å²) in [5, 5.41) is 12.4. The van der Waals surface area contributed by atoms with E-state index in [1.807, 2.05) is 35.8 Å². The Hall–Kier alpha value is -2.87. The van der Waals surface area contributed by atoms with Gasteiger partial charge in [0.25, 0.3) is 5.56 Å². The lowest BCUT2D eigenvalue weighted by Crippen LogP contribution is -2.39. The molecule has 8 heteroatoms. The first-order valence-electron chi connectivity index (χ1n) is 9.58. The molecule has 3 rings (SSSR count). The molecule has 2 N–H and O–H groups in total. The molecule has 0 saturated heterocycles. The summed E-state index contributed by atoms with van der Waals surface area (Å²) >= 11 is 0. The Morgan fingerprint density at radius 2 is 1.86 bits per heavy atom. The van der Waals surface area contributed by atoms with Gasteiger partial charge in [-0.15, -0.1) is 0 Å². The van der Waals surface area contributed by atoms with Gasteiger partial charge >= 0.3 is 5.69 Å². The number of aliphatic hydroxyl groups is 1. The van der Waals surface area contributed by atoms with E-state index in [0.29, 0.717) is 36.6 Å². The fourth-order valence-corrected chi connectivity index (χ4v) is 3.20. The van der Waals surface area contributed by atoms with Crippen LogP contribution in [0.3, 0.4) is 0 Å². The molecule has 0 aliphatic heterocycles. The predicted octanol–water partition coefficient (Wildman–Crippen LogP) is 1.46. The van der Waals surface area contributed by atoms with Gasteiger partial charge in [0, 0.05) is 26.7 Å². The average Bonchev–Trinajstić information content (AvgIpc) is 3.05. The molecule has 0 unspecified atom stereocenters. The van der Waals surface area contributed by atoms with Crippen molar-refractivity contribution in [2.45, 2.75) is 39.8 Å². The number of aryl methyl sites for hydroxylation is 2. The van der Waals surface area contributed by atoms with Crippen molar-refractivity contribution in [3.05, 3.63) is 56.2 Å². The molecule has 28 heavy (non-hydrogen) atoms. The van der Waals surface area contributed by atoms with Crippen molar-refractivity contribution in [2.24, 2.45) is 7.05 Å². The zero-order valence-corrected chi connectivity index (χ0v) is 16.6. The lowest BCUT2D eigenvalue weighted by molar-refractivity contribution is 0.277. The Morgan fingerprint density at radius 3 is 2.50 bits per heavy atom. The van der Waals surface area contributed by atoms with Gasteiger partial charge in [-0.25, -0.2) is 4.79 Å². The van der Waals surface area contributed by atoms with Crippen LogP contribution >= 0.6 is 0 Å². The van der Waals surface area contributed by atoms with Gasteiger partial charge in [0.15, 0.2) is 11.2 Å². The Labute approximate surface area is 163 Å². The Balaban J connectivity index is 2.22. The summed E-state index contributed by atoms with van der Waals surface area (Å²) in [6, 6.07) is 8.11. The molecule has 3 aromatic rings. The molecule has 0 aliphatic carbocycles. The Kier molecular flexibility index (Phi) is 5.99. The minimum absolute atomic E-state index is 0.0838. The first kappa shape index (κ1) is 19.9. The van der Waals surface area contributed by atoms with Gasteiger partial charge in [0.05, 0.1) is 6.54 Å². The number of aromatic nitrogens is 4. The maximum absolute atomic E-state index is 13.1. The molecule has 2 heterocycles. The first-order chi connectivity index (χ1) is 13.5. The van der Waals surface area contributed by atoms with E-state index in [9.17, 15) is 9.59 Å². The number of nitrogens with one attached hydrogen (secondary N) is 1. The molecule has 1 aromatic carbocycles. The third kappa shape index (κ3) is 3.73. The van der Waals surface area contributed by atoms with Gasteiger partial charge < -0.3 is 10.4 Å². The third-order valence-corrected chi connectivity index (χ3v) is 4.77. The average molecular weight is 385 g/mol. The van der Waals surface area contributed by atoms with E-state index in [2.05, 4.69) is 17.2 Å². The molecule has 2 aromatic heterocycles. The number of fused-ring (bicyclic) bond motifs is 1. The normalized spacial score (nSPS) is 11.3. The van der Waals surface area contributed by atoms with Crippen molar-refractivity contribution in [2.75, 3.05) is 18.5 Å². The third-order valence-electron chi connectivity index (χ3n) is 4.77. The predicted molar refractivity (Wildman–Crippen MR) is 110 cm³/mol. The van der Waals surface area contributed by atoms with E-state index in [0.717, 1.165) is 17.5 Å². The van der Waals surface area contributed by atoms with Crippen molar-refractivity contribution < 1.29 is 5.11 Å². The summed E-state index contributed by atoms with van der Waals surface area (Å²) in [6.45, 7) is 5.35. The van der Waals surface area contributed by atoms with Crippen LogP contribution in [0.5, 0.6) is 0 Å². The molecule has 8 nitrogen and oxygen atoms in total. The molecule has 0 saturated carbocycles. The molecule has 0 radical (unpaired) electrons. The van der Waals surface area contributed by atoms with Crippen LogP contribution in [-0.4, -0.2) is 36.9 Å². The van der Waals surface area contributed by atoms with Crippen LogP contribution in [0.1, 0.15) is 30.9 Å². The Morgan fingerprint density at radius 1 is 1.14 bits per heavy atom. The number of hydrogen-bond donors (Lipinski definition) is 2. The zero-order chi connectivity index (χ0) is 20.3. The molecule has 0 fully saturated rings. The second-order valence-electron chi connectivity index (χ2n) is 6.98. The van der Waals surface area contributed by atoms with Gasteiger partial charge in [-0.3, -0.25) is 18.5 Å². The van der Waals surface area contributed by atoms with Gasteiger partial charge in [0.1, 0.15) is 0 Å². The van der Waals surface area contributed by atoms with Crippen molar-refractivity contribution in [3.8, 4) is 0 Å². The smallest absolute Gasteiger partial charge is 0.332 e. The maximum atomic E-state index is 13.1. The highest BCUT2D eigenvalue weighted by atomic mass is 16.3. The lowest BCUT2D eigenvalue weighted by atomic mass is 10.1. The van der Waals surface area contributed by atoms with E-state index < -0.39 is 5.69 Å². The van der Waals surface area contributed by atoms with Crippen molar-refractivity contribution in [1.29, 1.82) is 0 Å². The van der Waals surface area contributed by atoms with E-state index in [1.54, 1.807) is 7.05 Å². The fraction of sp³-hybridized carbons (Fsp3) is 0.450. The van der Waals surface area contributed by atoms with Crippen LogP contribution in [-0.2, 0) is 20.1 Å². The van der Waals surface area contributed by atoms with E-state index in [4.69, 9.17) is 5.11 Å². The second kappa shape index (κ2) is 8.43. The Bertz CT molecular complexity index is 1080. The van der Waals surface area contributed by atoms with Gasteiger partial charge in [-0.2, -0.15) is 4.98 Å². The SMILES string of the molecule is CCCNc1nc2c(c(=O)n(CCCO)c(=O)n2C)n1Cc1ccc(C)cc1. The number of aliphatic hydroxyl groups excluding tert-OH is 1. The summed E-state index contributed by atoms with van der Waals surface area (Å²) in [7, 11) is 1.62. The summed E-state index contributed by atoms with van der Waals surface area (Å²) in [5.41, 5.74) is 2.15. The van der Waals surface area contributed by atoms with Crippen LogP contribution < -0.4 is 16.6 Å². The second-order valence-corrected chi connectivity index (χ2v) is 6.98. The first-order valence-corrected chi connectivity index (χ1v) is 9.58. The number of anilines is 1. The number of rotatable bonds is 8. The highest BCUT2D eigenvalue weighted by Crippen LogP contribution is 2.18. The summed E-state index contributed by atoms with van der Waals surface area (Å²) < 4.78 is 4.42. The van der Waals surface area contributed by atoms with Crippen LogP contribution in [0.2, 0.25) is 0 Å². The highest BCUT2D eigenvalue weighted by Gasteiger charge is 2.20. The number of benzene rings is 1.